The Hall–Kier alpha value is -1.95. The normalized spacial score (nSPS) is 14.2. The Morgan fingerprint density at radius 3 is 2.37 bits per heavy atom. The minimum absolute atomic E-state index is 0.345. The van der Waals surface area contributed by atoms with E-state index in [9.17, 15) is 13.2 Å². The maximum absolute atomic E-state index is 13.6. The number of rotatable bonds is 7. The molecule has 2 atom stereocenters. The summed E-state index contributed by atoms with van der Waals surface area (Å²) >= 11 is 0. The average molecular weight is 379 g/mol. The molecule has 0 aliphatic heterocycles. The summed E-state index contributed by atoms with van der Waals surface area (Å²) in [7, 11) is 1.90. The molecule has 0 amide bonds. The lowest BCUT2D eigenvalue weighted by Gasteiger charge is -2.19. The van der Waals surface area contributed by atoms with Crippen molar-refractivity contribution >= 4 is 0 Å². The summed E-state index contributed by atoms with van der Waals surface area (Å²) in [6.07, 6.45) is -2.31. The van der Waals surface area contributed by atoms with Crippen LogP contribution in [0.3, 0.4) is 0 Å². The van der Waals surface area contributed by atoms with Crippen LogP contribution in [0.2, 0.25) is 0 Å². The van der Waals surface area contributed by atoms with Gasteiger partial charge in [-0.2, -0.15) is 13.2 Å². The Labute approximate surface area is 159 Å². The first-order chi connectivity index (χ1) is 12.6. The second-order valence-electron chi connectivity index (χ2n) is 7.38. The SMILES string of the molecule is CNC(C)CC(C)CCc1ccc(-c2cc(C)nc(C)n2)cc1C(F)(F)F. The predicted octanol–water partition coefficient (Wildman–Crippen LogP) is 5.35. The topological polar surface area (TPSA) is 37.8 Å². The molecule has 2 rings (SSSR count). The molecule has 0 bridgehead atoms. The lowest BCUT2D eigenvalue weighted by Crippen LogP contribution is -2.23. The first kappa shape index (κ1) is 21.4. The van der Waals surface area contributed by atoms with Gasteiger partial charge in [-0.05, 0) is 70.7 Å². The van der Waals surface area contributed by atoms with Crippen LogP contribution in [-0.2, 0) is 12.6 Å². The molecule has 0 aliphatic rings. The molecule has 148 valence electrons. The van der Waals surface area contributed by atoms with Gasteiger partial charge in [-0.3, -0.25) is 0 Å². The third kappa shape index (κ3) is 6.03. The van der Waals surface area contributed by atoms with Gasteiger partial charge in [0.15, 0.2) is 0 Å². The van der Waals surface area contributed by atoms with E-state index in [1.165, 1.54) is 6.07 Å². The van der Waals surface area contributed by atoms with Crippen molar-refractivity contribution < 1.29 is 13.2 Å². The van der Waals surface area contributed by atoms with Crippen molar-refractivity contribution in [2.24, 2.45) is 5.92 Å². The molecule has 0 saturated heterocycles. The van der Waals surface area contributed by atoms with E-state index in [-0.39, 0.29) is 0 Å². The highest BCUT2D eigenvalue weighted by Crippen LogP contribution is 2.35. The molecule has 1 aromatic carbocycles. The molecular weight excluding hydrogens is 351 g/mol. The van der Waals surface area contributed by atoms with E-state index < -0.39 is 11.7 Å². The second kappa shape index (κ2) is 8.83. The number of alkyl halides is 3. The molecule has 27 heavy (non-hydrogen) atoms. The van der Waals surface area contributed by atoms with Gasteiger partial charge in [0, 0.05) is 17.3 Å². The largest absolute Gasteiger partial charge is 0.416 e. The molecule has 0 spiro atoms. The van der Waals surface area contributed by atoms with Crippen molar-refractivity contribution in [2.75, 3.05) is 7.05 Å². The molecule has 0 saturated carbocycles. The quantitative estimate of drug-likeness (QED) is 0.705. The average Bonchev–Trinajstić information content (AvgIpc) is 2.58. The van der Waals surface area contributed by atoms with Crippen molar-refractivity contribution in [3.63, 3.8) is 0 Å². The third-order valence-electron chi connectivity index (χ3n) is 4.83. The van der Waals surface area contributed by atoms with Crippen LogP contribution in [0, 0.1) is 19.8 Å². The lowest BCUT2D eigenvalue weighted by molar-refractivity contribution is -0.138. The molecule has 1 aromatic heterocycles. The van der Waals surface area contributed by atoms with Gasteiger partial charge < -0.3 is 5.32 Å². The molecule has 1 N–H and O–H groups in total. The van der Waals surface area contributed by atoms with Crippen molar-refractivity contribution in [3.05, 3.63) is 46.9 Å². The number of hydrogen-bond acceptors (Lipinski definition) is 3. The number of benzene rings is 1. The zero-order valence-corrected chi connectivity index (χ0v) is 16.6. The Morgan fingerprint density at radius 2 is 1.78 bits per heavy atom. The summed E-state index contributed by atoms with van der Waals surface area (Å²) in [5.74, 6) is 0.899. The maximum atomic E-state index is 13.6. The molecule has 0 fully saturated rings. The molecule has 2 unspecified atom stereocenters. The standard InChI is InChI=1S/C21H28F3N3/c1-13(10-14(2)25-5)6-7-17-8-9-18(12-19(17)21(22,23)24)20-11-15(3)26-16(4)27-20/h8-9,11-14,25H,6-7,10H2,1-5H3. The van der Waals surface area contributed by atoms with E-state index in [2.05, 4.69) is 29.1 Å². The van der Waals surface area contributed by atoms with Crippen molar-refractivity contribution in [3.8, 4) is 11.3 Å². The molecule has 0 aliphatic carbocycles. The number of aryl methyl sites for hydroxylation is 3. The number of nitrogens with zero attached hydrogens (tertiary/aromatic N) is 2. The van der Waals surface area contributed by atoms with Crippen molar-refractivity contribution in [2.45, 2.75) is 59.2 Å². The maximum Gasteiger partial charge on any atom is 0.416 e. The van der Waals surface area contributed by atoms with Gasteiger partial charge in [-0.25, -0.2) is 9.97 Å². The fraction of sp³-hybridized carbons (Fsp3) is 0.524. The fourth-order valence-corrected chi connectivity index (χ4v) is 3.32. The summed E-state index contributed by atoms with van der Waals surface area (Å²) in [5.41, 5.74) is 1.51. The van der Waals surface area contributed by atoms with Crippen LogP contribution in [-0.4, -0.2) is 23.1 Å². The molecule has 3 nitrogen and oxygen atoms in total. The Kier molecular flexibility index (Phi) is 6.98. The summed E-state index contributed by atoms with van der Waals surface area (Å²) in [4.78, 5) is 8.48. The molecule has 6 heteroatoms. The second-order valence-corrected chi connectivity index (χ2v) is 7.38. The highest BCUT2D eigenvalue weighted by molar-refractivity contribution is 5.61. The van der Waals surface area contributed by atoms with Gasteiger partial charge in [-0.15, -0.1) is 0 Å². The van der Waals surface area contributed by atoms with Gasteiger partial charge >= 0.3 is 6.18 Å². The molecule has 2 aromatic rings. The predicted molar refractivity (Wildman–Crippen MR) is 103 cm³/mol. The van der Waals surface area contributed by atoms with Crippen LogP contribution < -0.4 is 5.32 Å². The lowest BCUT2D eigenvalue weighted by atomic mass is 9.92. The van der Waals surface area contributed by atoms with Gasteiger partial charge in [0.2, 0.25) is 0 Å². The minimum Gasteiger partial charge on any atom is -0.317 e. The van der Waals surface area contributed by atoms with E-state index in [0.29, 0.717) is 41.0 Å². The number of nitrogens with one attached hydrogen (secondary N) is 1. The Morgan fingerprint density at radius 1 is 1.07 bits per heavy atom. The zero-order chi connectivity index (χ0) is 20.2. The molecular formula is C21H28F3N3. The first-order valence-electron chi connectivity index (χ1n) is 9.30. The monoisotopic (exact) mass is 379 g/mol. The number of halogens is 3. The molecule has 0 radical (unpaired) electrons. The zero-order valence-electron chi connectivity index (χ0n) is 16.6. The van der Waals surface area contributed by atoms with E-state index in [0.717, 1.165) is 18.5 Å². The smallest absolute Gasteiger partial charge is 0.317 e. The van der Waals surface area contributed by atoms with E-state index in [1.807, 2.05) is 14.0 Å². The highest BCUT2D eigenvalue weighted by atomic mass is 19.4. The van der Waals surface area contributed by atoms with Crippen molar-refractivity contribution in [1.82, 2.24) is 15.3 Å². The summed E-state index contributed by atoms with van der Waals surface area (Å²) in [6, 6.07) is 6.61. The van der Waals surface area contributed by atoms with Crippen LogP contribution in [0.25, 0.3) is 11.3 Å². The minimum atomic E-state index is -4.38. The van der Waals surface area contributed by atoms with Crippen LogP contribution in [0.1, 0.15) is 49.3 Å². The van der Waals surface area contributed by atoms with Gasteiger partial charge in [0.25, 0.3) is 0 Å². The van der Waals surface area contributed by atoms with Gasteiger partial charge in [-0.1, -0.05) is 19.1 Å². The van der Waals surface area contributed by atoms with E-state index in [4.69, 9.17) is 0 Å². The van der Waals surface area contributed by atoms with Gasteiger partial charge in [0.1, 0.15) is 5.82 Å². The summed E-state index contributed by atoms with van der Waals surface area (Å²) in [5, 5.41) is 3.17. The van der Waals surface area contributed by atoms with Crippen LogP contribution in [0.4, 0.5) is 13.2 Å². The Bertz CT molecular complexity index is 752. The van der Waals surface area contributed by atoms with Crippen LogP contribution in [0.5, 0.6) is 0 Å². The van der Waals surface area contributed by atoms with Gasteiger partial charge in [0.05, 0.1) is 11.3 Å². The van der Waals surface area contributed by atoms with Crippen LogP contribution >= 0.6 is 0 Å². The molecule has 1 heterocycles. The van der Waals surface area contributed by atoms with Crippen LogP contribution in [0.15, 0.2) is 24.3 Å². The first-order valence-corrected chi connectivity index (χ1v) is 9.30. The van der Waals surface area contributed by atoms with Crippen molar-refractivity contribution in [1.29, 1.82) is 0 Å². The third-order valence-corrected chi connectivity index (χ3v) is 4.83. The Balaban J connectivity index is 2.28. The highest BCUT2D eigenvalue weighted by Gasteiger charge is 2.33. The van der Waals surface area contributed by atoms with E-state index >= 15 is 0 Å². The number of aromatic nitrogens is 2. The fourth-order valence-electron chi connectivity index (χ4n) is 3.32. The number of hydrogen-bond donors (Lipinski definition) is 1. The summed E-state index contributed by atoms with van der Waals surface area (Å²) < 4.78 is 40.9. The summed E-state index contributed by atoms with van der Waals surface area (Å²) in [6.45, 7) is 7.72. The van der Waals surface area contributed by atoms with E-state index in [1.54, 1.807) is 25.1 Å².